The quantitative estimate of drug-likeness (QED) is 0.508. The summed E-state index contributed by atoms with van der Waals surface area (Å²) in [4.78, 5) is 0. The van der Waals surface area contributed by atoms with Gasteiger partial charge in [0.25, 0.3) is 0 Å². The molecule has 25 heavy (non-hydrogen) atoms. The van der Waals surface area contributed by atoms with Crippen LogP contribution in [-0.2, 0) is 0 Å². The highest BCUT2D eigenvalue weighted by atomic mass is 32.1. The van der Waals surface area contributed by atoms with E-state index in [1.165, 1.54) is 12.1 Å². The minimum absolute atomic E-state index is 0.109. The van der Waals surface area contributed by atoms with E-state index in [4.69, 9.17) is 17.0 Å². The van der Waals surface area contributed by atoms with Crippen molar-refractivity contribution in [2.24, 2.45) is 0 Å². The second-order valence-corrected chi connectivity index (χ2v) is 5.56. The molecule has 0 aromatic heterocycles. The van der Waals surface area contributed by atoms with Gasteiger partial charge in [0, 0.05) is 12.2 Å². The van der Waals surface area contributed by atoms with Crippen LogP contribution in [0.15, 0.2) is 54.6 Å². The van der Waals surface area contributed by atoms with E-state index in [1.54, 1.807) is 12.1 Å². The van der Waals surface area contributed by atoms with Gasteiger partial charge in [0.1, 0.15) is 11.5 Å². The van der Waals surface area contributed by atoms with Gasteiger partial charge in [-0.15, -0.1) is 0 Å². The monoisotopic (exact) mass is 366 g/mol. The fourth-order valence-corrected chi connectivity index (χ4v) is 2.25. The number of unbranched alkanes of at least 4 members (excludes halogenated alkanes) is 1. The molecule has 0 saturated carbocycles. The summed E-state index contributed by atoms with van der Waals surface area (Å²) >= 11 is 5.19. The lowest BCUT2D eigenvalue weighted by Crippen LogP contribution is -2.29. The van der Waals surface area contributed by atoms with Crippen LogP contribution >= 0.6 is 12.2 Å². The Kier molecular flexibility index (Phi) is 7.91. The molecule has 0 amide bonds. The first-order valence-electron chi connectivity index (χ1n) is 7.91. The summed E-state index contributed by atoms with van der Waals surface area (Å²) in [6, 6.07) is 15.8. The van der Waals surface area contributed by atoms with Gasteiger partial charge in [-0.2, -0.15) is 8.78 Å². The summed E-state index contributed by atoms with van der Waals surface area (Å²) in [5.74, 6) is 0.977. The number of para-hydroxylation sites is 1. The van der Waals surface area contributed by atoms with Crippen molar-refractivity contribution in [1.29, 1.82) is 0 Å². The highest BCUT2D eigenvalue weighted by molar-refractivity contribution is 7.80. The Hall–Kier alpha value is -2.41. The Labute approximate surface area is 151 Å². The fourth-order valence-electron chi connectivity index (χ4n) is 2.03. The van der Waals surface area contributed by atoms with E-state index in [1.807, 2.05) is 30.3 Å². The number of rotatable bonds is 9. The highest BCUT2D eigenvalue weighted by Gasteiger charge is 2.04. The van der Waals surface area contributed by atoms with E-state index in [2.05, 4.69) is 15.4 Å². The van der Waals surface area contributed by atoms with Crippen LogP contribution in [0.2, 0.25) is 0 Å². The maximum atomic E-state index is 12.1. The van der Waals surface area contributed by atoms with Crippen molar-refractivity contribution in [3.05, 3.63) is 54.6 Å². The molecule has 0 aliphatic heterocycles. The van der Waals surface area contributed by atoms with E-state index >= 15 is 0 Å². The standard InChI is InChI=1S/C18H20F2N2O2S/c19-17(20)24-16-10-8-14(9-11-16)22-18(25)21-12-4-5-13-23-15-6-2-1-3-7-15/h1-3,6-11,17H,4-5,12-13H2,(H2,21,22,25). The number of alkyl halides is 2. The molecule has 0 atom stereocenters. The van der Waals surface area contributed by atoms with Gasteiger partial charge in [-0.1, -0.05) is 18.2 Å². The summed E-state index contributed by atoms with van der Waals surface area (Å²) in [7, 11) is 0. The van der Waals surface area contributed by atoms with Crippen molar-refractivity contribution < 1.29 is 18.3 Å². The van der Waals surface area contributed by atoms with Crippen LogP contribution in [0.4, 0.5) is 14.5 Å². The Morgan fingerprint density at radius 1 is 0.960 bits per heavy atom. The molecule has 0 heterocycles. The lowest BCUT2D eigenvalue weighted by Gasteiger charge is -2.11. The SMILES string of the molecule is FC(F)Oc1ccc(NC(=S)NCCCCOc2ccccc2)cc1. The maximum absolute atomic E-state index is 12.1. The zero-order valence-electron chi connectivity index (χ0n) is 13.6. The molecule has 0 unspecified atom stereocenters. The van der Waals surface area contributed by atoms with Crippen molar-refractivity contribution in [3.8, 4) is 11.5 Å². The molecule has 7 heteroatoms. The predicted octanol–water partition coefficient (Wildman–Crippen LogP) is 4.43. The van der Waals surface area contributed by atoms with Crippen molar-refractivity contribution in [1.82, 2.24) is 5.32 Å². The molecule has 0 spiro atoms. The Morgan fingerprint density at radius 3 is 2.36 bits per heavy atom. The number of benzene rings is 2. The van der Waals surface area contributed by atoms with Gasteiger partial charge < -0.3 is 20.1 Å². The number of hydrogen-bond acceptors (Lipinski definition) is 3. The molecular formula is C18H20F2N2O2S. The van der Waals surface area contributed by atoms with E-state index in [9.17, 15) is 8.78 Å². The molecule has 2 N–H and O–H groups in total. The average Bonchev–Trinajstić information content (AvgIpc) is 2.60. The summed E-state index contributed by atoms with van der Waals surface area (Å²) in [6.45, 7) is -1.46. The molecule has 0 bridgehead atoms. The van der Waals surface area contributed by atoms with Crippen molar-refractivity contribution in [2.75, 3.05) is 18.5 Å². The third-order valence-corrected chi connectivity index (χ3v) is 3.45. The zero-order valence-corrected chi connectivity index (χ0v) is 14.4. The smallest absolute Gasteiger partial charge is 0.387 e. The molecular weight excluding hydrogens is 346 g/mol. The molecule has 2 aromatic rings. The van der Waals surface area contributed by atoms with Gasteiger partial charge in [0.2, 0.25) is 0 Å². The largest absolute Gasteiger partial charge is 0.494 e. The Morgan fingerprint density at radius 2 is 1.68 bits per heavy atom. The molecule has 4 nitrogen and oxygen atoms in total. The van der Waals surface area contributed by atoms with Gasteiger partial charge >= 0.3 is 6.61 Å². The Bertz CT molecular complexity index is 639. The second kappa shape index (κ2) is 10.5. The van der Waals surface area contributed by atoms with E-state index < -0.39 is 6.61 Å². The normalized spacial score (nSPS) is 10.4. The molecule has 0 saturated heterocycles. The molecule has 2 rings (SSSR count). The van der Waals surface area contributed by atoms with E-state index in [-0.39, 0.29) is 5.75 Å². The minimum Gasteiger partial charge on any atom is -0.494 e. The summed E-state index contributed by atoms with van der Waals surface area (Å²) in [5.41, 5.74) is 0.700. The van der Waals surface area contributed by atoms with Crippen LogP contribution in [0.1, 0.15) is 12.8 Å². The summed E-state index contributed by atoms with van der Waals surface area (Å²) in [5, 5.41) is 6.55. The van der Waals surface area contributed by atoms with Gasteiger partial charge in [0.15, 0.2) is 5.11 Å². The first kappa shape index (κ1) is 18.9. The number of thiocarbonyl (C=S) groups is 1. The van der Waals surface area contributed by atoms with Gasteiger partial charge in [-0.05, 0) is 61.5 Å². The Balaban J connectivity index is 1.57. The molecule has 0 aliphatic rings. The van der Waals surface area contributed by atoms with Crippen molar-refractivity contribution in [3.63, 3.8) is 0 Å². The second-order valence-electron chi connectivity index (χ2n) is 5.15. The maximum Gasteiger partial charge on any atom is 0.387 e. The predicted molar refractivity (Wildman–Crippen MR) is 98.5 cm³/mol. The first-order valence-corrected chi connectivity index (χ1v) is 8.32. The van der Waals surface area contributed by atoms with Crippen molar-refractivity contribution in [2.45, 2.75) is 19.5 Å². The van der Waals surface area contributed by atoms with Crippen LogP contribution in [0.25, 0.3) is 0 Å². The average molecular weight is 366 g/mol. The molecule has 134 valence electrons. The van der Waals surface area contributed by atoms with Crippen LogP contribution in [0.3, 0.4) is 0 Å². The molecule has 0 aliphatic carbocycles. The first-order chi connectivity index (χ1) is 12.1. The fraction of sp³-hybridized carbons (Fsp3) is 0.278. The van der Waals surface area contributed by atoms with Crippen LogP contribution in [0, 0.1) is 0 Å². The lowest BCUT2D eigenvalue weighted by molar-refractivity contribution is -0.0498. The number of anilines is 1. The van der Waals surface area contributed by atoms with Crippen molar-refractivity contribution >= 4 is 23.0 Å². The third-order valence-electron chi connectivity index (χ3n) is 3.21. The lowest BCUT2D eigenvalue weighted by atomic mass is 10.3. The van der Waals surface area contributed by atoms with Crippen LogP contribution < -0.4 is 20.1 Å². The molecule has 0 radical (unpaired) electrons. The topological polar surface area (TPSA) is 42.5 Å². The molecule has 0 fully saturated rings. The van der Waals surface area contributed by atoms with Gasteiger partial charge in [-0.3, -0.25) is 0 Å². The van der Waals surface area contributed by atoms with Crippen LogP contribution in [0.5, 0.6) is 11.5 Å². The van der Waals surface area contributed by atoms with E-state index in [0.29, 0.717) is 17.4 Å². The van der Waals surface area contributed by atoms with Crippen LogP contribution in [-0.4, -0.2) is 24.9 Å². The zero-order chi connectivity index (χ0) is 17.9. The minimum atomic E-state index is -2.83. The molecule has 2 aromatic carbocycles. The highest BCUT2D eigenvalue weighted by Crippen LogP contribution is 2.17. The number of halogens is 2. The van der Waals surface area contributed by atoms with Gasteiger partial charge in [-0.25, -0.2) is 0 Å². The number of hydrogen-bond donors (Lipinski definition) is 2. The van der Waals surface area contributed by atoms with E-state index in [0.717, 1.165) is 25.1 Å². The summed E-state index contributed by atoms with van der Waals surface area (Å²) in [6.07, 6.45) is 1.82. The third kappa shape index (κ3) is 7.80. The van der Waals surface area contributed by atoms with Gasteiger partial charge in [0.05, 0.1) is 6.61 Å². The number of ether oxygens (including phenoxy) is 2. The number of nitrogens with one attached hydrogen (secondary N) is 2. The summed E-state index contributed by atoms with van der Waals surface area (Å²) < 4.78 is 34.0.